The van der Waals surface area contributed by atoms with Gasteiger partial charge in [-0.05, 0) is 25.5 Å². The molecule has 1 aliphatic rings. The third kappa shape index (κ3) is 3.44. The zero-order valence-corrected chi connectivity index (χ0v) is 10.9. The summed E-state index contributed by atoms with van der Waals surface area (Å²) in [5.74, 6) is -0.0112. The van der Waals surface area contributed by atoms with Crippen molar-refractivity contribution in [2.24, 2.45) is 5.92 Å². The molecule has 1 N–H and O–H groups in total. The molecule has 0 bridgehead atoms. The number of carbonyl (C=O) groups is 1. The standard InChI is InChI=1S/C14H18FNO3/c1-10(19-13-4-2-3-12(15)7-13)14(18)16-6-5-11(8-16)9-17/h2-4,7,10-11,17H,5-6,8-9H2,1H3. The van der Waals surface area contributed by atoms with Crippen LogP contribution in [0.15, 0.2) is 24.3 Å². The van der Waals surface area contributed by atoms with Crippen molar-refractivity contribution >= 4 is 5.91 Å². The molecule has 5 heteroatoms. The van der Waals surface area contributed by atoms with Gasteiger partial charge >= 0.3 is 0 Å². The van der Waals surface area contributed by atoms with Gasteiger partial charge in [0.2, 0.25) is 0 Å². The Labute approximate surface area is 111 Å². The molecule has 1 heterocycles. The molecule has 0 saturated carbocycles. The molecule has 4 nitrogen and oxygen atoms in total. The number of nitrogens with zero attached hydrogens (tertiary/aromatic N) is 1. The molecule has 0 spiro atoms. The summed E-state index contributed by atoms with van der Waals surface area (Å²) in [6.07, 6.45) is 0.161. The highest BCUT2D eigenvalue weighted by Crippen LogP contribution is 2.19. The first-order valence-electron chi connectivity index (χ1n) is 6.42. The van der Waals surface area contributed by atoms with Crippen LogP contribution in [0.5, 0.6) is 5.75 Å². The van der Waals surface area contributed by atoms with Crippen LogP contribution in [-0.2, 0) is 4.79 Å². The third-order valence-corrected chi connectivity index (χ3v) is 3.31. The number of amides is 1. The number of ether oxygens (including phenoxy) is 1. The van der Waals surface area contributed by atoms with Gasteiger partial charge in [-0.3, -0.25) is 4.79 Å². The lowest BCUT2D eigenvalue weighted by Gasteiger charge is -2.21. The lowest BCUT2D eigenvalue weighted by molar-refractivity contribution is -0.137. The summed E-state index contributed by atoms with van der Waals surface area (Å²) >= 11 is 0. The second-order valence-corrected chi connectivity index (χ2v) is 4.84. The molecule has 0 radical (unpaired) electrons. The molecule has 104 valence electrons. The molecule has 2 rings (SSSR count). The topological polar surface area (TPSA) is 49.8 Å². The second-order valence-electron chi connectivity index (χ2n) is 4.84. The number of hydrogen-bond donors (Lipinski definition) is 1. The quantitative estimate of drug-likeness (QED) is 0.898. The normalized spacial score (nSPS) is 20.4. The summed E-state index contributed by atoms with van der Waals surface area (Å²) in [7, 11) is 0. The van der Waals surface area contributed by atoms with Crippen molar-refractivity contribution < 1.29 is 19.0 Å². The van der Waals surface area contributed by atoms with E-state index in [0.29, 0.717) is 18.8 Å². The van der Waals surface area contributed by atoms with Crippen LogP contribution in [0.4, 0.5) is 4.39 Å². The Hall–Kier alpha value is -1.62. The van der Waals surface area contributed by atoms with E-state index in [0.717, 1.165) is 6.42 Å². The number of carbonyl (C=O) groups excluding carboxylic acids is 1. The summed E-state index contributed by atoms with van der Waals surface area (Å²) in [6, 6.07) is 5.74. The van der Waals surface area contributed by atoms with E-state index >= 15 is 0 Å². The average molecular weight is 267 g/mol. The second kappa shape index (κ2) is 6.02. The maximum absolute atomic E-state index is 13.0. The Morgan fingerprint density at radius 2 is 2.42 bits per heavy atom. The maximum Gasteiger partial charge on any atom is 0.263 e. The van der Waals surface area contributed by atoms with Crippen molar-refractivity contribution in [1.82, 2.24) is 4.90 Å². The van der Waals surface area contributed by atoms with Gasteiger partial charge in [0.15, 0.2) is 6.10 Å². The van der Waals surface area contributed by atoms with Gasteiger partial charge in [0.05, 0.1) is 0 Å². The molecule has 19 heavy (non-hydrogen) atoms. The van der Waals surface area contributed by atoms with E-state index < -0.39 is 11.9 Å². The Balaban J connectivity index is 1.93. The first-order valence-corrected chi connectivity index (χ1v) is 6.42. The molecule has 1 saturated heterocycles. The number of aliphatic hydroxyl groups is 1. The Morgan fingerprint density at radius 1 is 1.63 bits per heavy atom. The van der Waals surface area contributed by atoms with Gasteiger partial charge in [-0.2, -0.15) is 0 Å². The van der Waals surface area contributed by atoms with E-state index in [9.17, 15) is 9.18 Å². The highest BCUT2D eigenvalue weighted by Gasteiger charge is 2.29. The number of rotatable bonds is 4. The maximum atomic E-state index is 13.0. The van der Waals surface area contributed by atoms with Gasteiger partial charge in [-0.1, -0.05) is 6.07 Å². The molecule has 1 amide bonds. The number of hydrogen-bond acceptors (Lipinski definition) is 3. The van der Waals surface area contributed by atoms with E-state index in [1.165, 1.54) is 12.1 Å². The molecule has 2 unspecified atom stereocenters. The van der Waals surface area contributed by atoms with Crippen molar-refractivity contribution in [3.8, 4) is 5.75 Å². The Kier molecular flexibility index (Phi) is 4.37. The monoisotopic (exact) mass is 267 g/mol. The van der Waals surface area contributed by atoms with E-state index in [4.69, 9.17) is 9.84 Å². The predicted octanol–water partition coefficient (Wildman–Crippen LogP) is 1.43. The fourth-order valence-corrected chi connectivity index (χ4v) is 2.23. The van der Waals surface area contributed by atoms with Gasteiger partial charge < -0.3 is 14.7 Å². The van der Waals surface area contributed by atoms with Crippen LogP contribution in [0.25, 0.3) is 0 Å². The van der Waals surface area contributed by atoms with Gasteiger partial charge in [-0.15, -0.1) is 0 Å². The van der Waals surface area contributed by atoms with E-state index in [1.807, 2.05) is 0 Å². The molecular formula is C14H18FNO3. The highest BCUT2D eigenvalue weighted by molar-refractivity contribution is 5.81. The summed E-state index contributed by atoms with van der Waals surface area (Å²) in [4.78, 5) is 13.8. The zero-order chi connectivity index (χ0) is 13.8. The molecule has 2 atom stereocenters. The van der Waals surface area contributed by atoms with Crippen LogP contribution < -0.4 is 4.74 Å². The summed E-state index contributed by atoms with van der Waals surface area (Å²) < 4.78 is 18.5. The predicted molar refractivity (Wildman–Crippen MR) is 68.3 cm³/mol. The molecular weight excluding hydrogens is 249 g/mol. The van der Waals surface area contributed by atoms with Crippen LogP contribution in [0, 0.1) is 11.7 Å². The van der Waals surface area contributed by atoms with Crippen LogP contribution >= 0.6 is 0 Å². The Morgan fingerprint density at radius 3 is 3.05 bits per heavy atom. The number of aliphatic hydroxyl groups excluding tert-OH is 1. The number of likely N-dealkylation sites (tertiary alicyclic amines) is 1. The van der Waals surface area contributed by atoms with Crippen molar-refractivity contribution in [3.63, 3.8) is 0 Å². The lowest BCUT2D eigenvalue weighted by Crippen LogP contribution is -2.39. The van der Waals surface area contributed by atoms with Crippen LogP contribution in [-0.4, -0.2) is 41.7 Å². The fraction of sp³-hybridized carbons (Fsp3) is 0.500. The van der Waals surface area contributed by atoms with E-state index in [2.05, 4.69) is 0 Å². The molecule has 1 aliphatic heterocycles. The van der Waals surface area contributed by atoms with Crippen LogP contribution in [0.1, 0.15) is 13.3 Å². The highest BCUT2D eigenvalue weighted by atomic mass is 19.1. The molecule has 0 aromatic heterocycles. The first-order chi connectivity index (χ1) is 9.10. The average Bonchev–Trinajstić information content (AvgIpc) is 2.86. The Bertz CT molecular complexity index is 452. The van der Waals surface area contributed by atoms with Crippen molar-refractivity contribution in [2.75, 3.05) is 19.7 Å². The number of halogens is 1. The van der Waals surface area contributed by atoms with E-state index in [1.54, 1.807) is 24.0 Å². The fourth-order valence-electron chi connectivity index (χ4n) is 2.23. The molecule has 0 aliphatic carbocycles. The van der Waals surface area contributed by atoms with Crippen molar-refractivity contribution in [3.05, 3.63) is 30.1 Å². The van der Waals surface area contributed by atoms with E-state index in [-0.39, 0.29) is 18.4 Å². The molecule has 1 aromatic rings. The van der Waals surface area contributed by atoms with Gasteiger partial charge in [0, 0.05) is 31.7 Å². The summed E-state index contributed by atoms with van der Waals surface area (Å²) in [6.45, 7) is 2.95. The first kappa shape index (κ1) is 13.8. The molecule has 1 aromatic carbocycles. The van der Waals surface area contributed by atoms with Crippen LogP contribution in [0.3, 0.4) is 0 Å². The summed E-state index contributed by atoms with van der Waals surface area (Å²) in [5.41, 5.74) is 0. The third-order valence-electron chi connectivity index (χ3n) is 3.31. The minimum absolute atomic E-state index is 0.100. The van der Waals surface area contributed by atoms with Crippen molar-refractivity contribution in [2.45, 2.75) is 19.4 Å². The van der Waals surface area contributed by atoms with Gasteiger partial charge in [0.25, 0.3) is 5.91 Å². The SMILES string of the molecule is CC(Oc1cccc(F)c1)C(=O)N1CCC(CO)C1. The minimum atomic E-state index is -0.653. The van der Waals surface area contributed by atoms with Gasteiger partial charge in [0.1, 0.15) is 11.6 Å². The zero-order valence-electron chi connectivity index (χ0n) is 10.9. The lowest BCUT2D eigenvalue weighted by atomic mass is 10.1. The number of benzene rings is 1. The van der Waals surface area contributed by atoms with Crippen LogP contribution in [0.2, 0.25) is 0 Å². The summed E-state index contributed by atoms with van der Waals surface area (Å²) in [5, 5.41) is 9.06. The van der Waals surface area contributed by atoms with Crippen molar-refractivity contribution in [1.29, 1.82) is 0 Å². The smallest absolute Gasteiger partial charge is 0.263 e. The molecule has 1 fully saturated rings. The largest absolute Gasteiger partial charge is 0.481 e. The minimum Gasteiger partial charge on any atom is -0.481 e. The van der Waals surface area contributed by atoms with Gasteiger partial charge in [-0.25, -0.2) is 4.39 Å².